The Morgan fingerprint density at radius 1 is 1.19 bits per heavy atom. The summed E-state index contributed by atoms with van der Waals surface area (Å²) in [5, 5.41) is -0.847. The van der Waals surface area contributed by atoms with E-state index in [0.717, 1.165) is 5.56 Å². The van der Waals surface area contributed by atoms with Gasteiger partial charge in [-0.05, 0) is 36.8 Å². The van der Waals surface area contributed by atoms with Crippen molar-refractivity contribution in [2.24, 2.45) is 11.1 Å². The van der Waals surface area contributed by atoms with Crippen LogP contribution in [0, 0.1) is 18.2 Å². The molecule has 0 radical (unpaired) electrons. The lowest BCUT2D eigenvalue weighted by Gasteiger charge is -2.16. The molecule has 1 aliphatic rings. The minimum absolute atomic E-state index is 0.0835. The van der Waals surface area contributed by atoms with E-state index in [1.807, 2.05) is 6.92 Å². The minimum atomic E-state index is -3.71. The molecular weight excluding hydrogens is 373 g/mol. The predicted octanol–water partition coefficient (Wildman–Crippen LogP) is 2.99. The molecule has 0 heterocycles. The van der Waals surface area contributed by atoms with Gasteiger partial charge in [0.2, 0.25) is 0 Å². The second-order valence-electron chi connectivity index (χ2n) is 6.65. The van der Waals surface area contributed by atoms with E-state index in [9.17, 15) is 12.8 Å². The highest BCUT2D eigenvalue weighted by Gasteiger charge is 2.73. The van der Waals surface area contributed by atoms with Crippen molar-refractivity contribution in [3.63, 3.8) is 0 Å². The van der Waals surface area contributed by atoms with Crippen LogP contribution < -0.4 is 5.73 Å². The van der Waals surface area contributed by atoms with Gasteiger partial charge >= 0.3 is 0 Å². The average molecular weight is 394 g/mol. The Labute approximate surface area is 158 Å². The van der Waals surface area contributed by atoms with Crippen molar-refractivity contribution in [2.75, 3.05) is 13.7 Å². The zero-order chi connectivity index (χ0) is 19.1. The summed E-state index contributed by atoms with van der Waals surface area (Å²) in [5.41, 5.74) is 6.61. The van der Waals surface area contributed by atoms with Crippen molar-refractivity contribution in [3.8, 4) is 0 Å². The number of nitrogens with two attached hydrogens (primary N) is 1. The number of hydrogen-bond donors (Lipinski definition) is 1. The van der Waals surface area contributed by atoms with Crippen LogP contribution in [0.2, 0.25) is 0 Å². The molecule has 2 aromatic carbocycles. The molecule has 138 valence electrons. The number of methoxy groups -OCH3 is 1. The zero-order valence-corrected chi connectivity index (χ0v) is 16.1. The molecule has 2 aromatic rings. The van der Waals surface area contributed by atoms with E-state index in [0.29, 0.717) is 5.56 Å². The standard InChI is InChI=1S/C19H20FNO3S2/c1-12-3-9-15(10-4-12)26(22,23)17-16(13-5-7-14(20)8-6-13)19(17,11-24-2)18(21)25/h3-10,16-17H,11H2,1-2H3,(H2,21,25). The molecule has 0 spiro atoms. The Kier molecular flexibility index (Phi) is 4.90. The number of benzene rings is 2. The highest BCUT2D eigenvalue weighted by Crippen LogP contribution is 2.64. The monoisotopic (exact) mass is 393 g/mol. The molecule has 1 saturated carbocycles. The fourth-order valence-electron chi connectivity index (χ4n) is 3.65. The number of aryl methyl sites for hydroxylation is 1. The first-order chi connectivity index (χ1) is 12.2. The molecule has 1 fully saturated rings. The minimum Gasteiger partial charge on any atom is -0.393 e. The number of rotatable bonds is 6. The molecule has 0 bridgehead atoms. The fraction of sp³-hybridized carbons (Fsp3) is 0.316. The first-order valence-electron chi connectivity index (χ1n) is 8.10. The second-order valence-corrected chi connectivity index (χ2v) is 9.15. The van der Waals surface area contributed by atoms with Crippen LogP contribution in [0.3, 0.4) is 0 Å². The quantitative estimate of drug-likeness (QED) is 0.764. The summed E-state index contributed by atoms with van der Waals surface area (Å²) in [6.45, 7) is 1.97. The number of sulfone groups is 1. The molecule has 26 heavy (non-hydrogen) atoms. The topological polar surface area (TPSA) is 69.4 Å². The van der Waals surface area contributed by atoms with E-state index >= 15 is 0 Å². The summed E-state index contributed by atoms with van der Waals surface area (Å²) in [6.07, 6.45) is 0. The third-order valence-corrected chi connectivity index (χ3v) is 7.68. The Morgan fingerprint density at radius 2 is 1.77 bits per heavy atom. The summed E-state index contributed by atoms with van der Waals surface area (Å²) in [6, 6.07) is 12.4. The normalized spacial score (nSPS) is 25.0. The number of ether oxygens (including phenoxy) is 1. The van der Waals surface area contributed by atoms with Gasteiger partial charge in [0, 0.05) is 13.0 Å². The third kappa shape index (κ3) is 2.94. The maximum absolute atomic E-state index is 13.3. The van der Waals surface area contributed by atoms with E-state index < -0.39 is 26.4 Å². The van der Waals surface area contributed by atoms with E-state index in [1.54, 1.807) is 36.4 Å². The summed E-state index contributed by atoms with van der Waals surface area (Å²) < 4.78 is 45.2. The van der Waals surface area contributed by atoms with Crippen LogP contribution in [0.5, 0.6) is 0 Å². The summed E-state index contributed by atoms with van der Waals surface area (Å²) in [7, 11) is -2.22. The summed E-state index contributed by atoms with van der Waals surface area (Å²) in [4.78, 5) is 0.309. The van der Waals surface area contributed by atoms with E-state index in [-0.39, 0.29) is 22.3 Å². The lowest BCUT2D eigenvalue weighted by atomic mass is 10.00. The van der Waals surface area contributed by atoms with Gasteiger partial charge in [0.05, 0.1) is 27.2 Å². The lowest BCUT2D eigenvalue weighted by Crippen LogP contribution is -2.33. The highest BCUT2D eigenvalue weighted by atomic mass is 32.2. The smallest absolute Gasteiger partial charge is 0.182 e. The highest BCUT2D eigenvalue weighted by molar-refractivity contribution is 7.92. The van der Waals surface area contributed by atoms with Crippen LogP contribution in [0.15, 0.2) is 53.4 Å². The van der Waals surface area contributed by atoms with E-state index in [1.165, 1.54) is 19.2 Å². The Hall–Kier alpha value is -1.83. The molecule has 3 rings (SSSR count). The molecule has 0 aromatic heterocycles. The predicted molar refractivity (Wildman–Crippen MR) is 102 cm³/mol. The van der Waals surface area contributed by atoms with Gasteiger partial charge in [-0.15, -0.1) is 0 Å². The van der Waals surface area contributed by atoms with Crippen molar-refractivity contribution >= 4 is 27.0 Å². The van der Waals surface area contributed by atoms with Gasteiger partial charge in [0.25, 0.3) is 0 Å². The maximum Gasteiger partial charge on any atom is 0.182 e. The molecule has 3 atom stereocenters. The van der Waals surface area contributed by atoms with Gasteiger partial charge < -0.3 is 10.5 Å². The molecule has 1 aliphatic carbocycles. The Balaban J connectivity index is 2.11. The van der Waals surface area contributed by atoms with Gasteiger partial charge in [-0.3, -0.25) is 0 Å². The Morgan fingerprint density at radius 3 is 2.27 bits per heavy atom. The Bertz CT molecular complexity index is 926. The third-order valence-electron chi connectivity index (χ3n) is 5.01. The molecule has 4 nitrogen and oxygen atoms in total. The number of halogens is 1. The lowest BCUT2D eigenvalue weighted by molar-refractivity contribution is 0.166. The summed E-state index contributed by atoms with van der Waals surface area (Å²) in [5.74, 6) is -0.869. The van der Waals surface area contributed by atoms with Crippen molar-refractivity contribution in [2.45, 2.75) is 23.0 Å². The van der Waals surface area contributed by atoms with Crippen LogP contribution >= 0.6 is 12.2 Å². The molecule has 0 saturated heterocycles. The van der Waals surface area contributed by atoms with Crippen LogP contribution in [0.1, 0.15) is 17.0 Å². The fourth-order valence-corrected chi connectivity index (χ4v) is 6.42. The van der Waals surface area contributed by atoms with Crippen molar-refractivity contribution in [1.82, 2.24) is 0 Å². The number of thiocarbonyl (C=S) groups is 1. The molecular formula is C19H20FNO3S2. The molecule has 3 unspecified atom stereocenters. The van der Waals surface area contributed by atoms with Crippen molar-refractivity contribution in [3.05, 3.63) is 65.5 Å². The average Bonchev–Trinajstić information content (AvgIpc) is 3.27. The molecule has 7 heteroatoms. The summed E-state index contributed by atoms with van der Waals surface area (Å²) >= 11 is 5.24. The van der Waals surface area contributed by atoms with Gasteiger partial charge in [-0.2, -0.15) is 0 Å². The van der Waals surface area contributed by atoms with Gasteiger partial charge in [0.15, 0.2) is 9.84 Å². The number of hydrogen-bond acceptors (Lipinski definition) is 4. The first kappa shape index (κ1) is 18.9. The van der Waals surface area contributed by atoms with Crippen molar-refractivity contribution in [1.29, 1.82) is 0 Å². The first-order valence-corrected chi connectivity index (χ1v) is 10.1. The van der Waals surface area contributed by atoms with Gasteiger partial charge in [0.1, 0.15) is 5.82 Å². The molecule has 2 N–H and O–H groups in total. The van der Waals surface area contributed by atoms with Gasteiger partial charge in [-0.1, -0.05) is 42.0 Å². The van der Waals surface area contributed by atoms with Crippen LogP contribution in [0.25, 0.3) is 0 Å². The van der Waals surface area contributed by atoms with E-state index in [2.05, 4.69) is 0 Å². The SMILES string of the molecule is COCC1(C(N)=S)C(c2ccc(F)cc2)C1S(=O)(=O)c1ccc(C)cc1. The van der Waals surface area contributed by atoms with Crippen molar-refractivity contribution < 1.29 is 17.5 Å². The van der Waals surface area contributed by atoms with Crippen LogP contribution in [0.4, 0.5) is 4.39 Å². The van der Waals surface area contributed by atoms with Gasteiger partial charge in [-0.25, -0.2) is 12.8 Å². The van der Waals surface area contributed by atoms with Crippen LogP contribution in [-0.4, -0.2) is 32.4 Å². The maximum atomic E-state index is 13.3. The van der Waals surface area contributed by atoms with Crippen LogP contribution in [-0.2, 0) is 14.6 Å². The molecule has 0 amide bonds. The largest absolute Gasteiger partial charge is 0.393 e. The second kappa shape index (κ2) is 6.72. The zero-order valence-electron chi connectivity index (χ0n) is 14.5. The van der Waals surface area contributed by atoms with E-state index in [4.69, 9.17) is 22.7 Å². The molecule has 0 aliphatic heterocycles.